The molecule has 0 amide bonds. The van der Waals surface area contributed by atoms with E-state index in [1.807, 2.05) is 18.2 Å². The van der Waals surface area contributed by atoms with Crippen LogP contribution in [0.4, 0.5) is 0 Å². The van der Waals surface area contributed by atoms with Gasteiger partial charge in [0.2, 0.25) is 0 Å². The normalized spacial score (nSPS) is 11.5. The fourth-order valence-electron chi connectivity index (χ4n) is 2.04. The second kappa shape index (κ2) is 13.2. The maximum atomic E-state index is 11.4. The number of benzene rings is 1. The summed E-state index contributed by atoms with van der Waals surface area (Å²) in [7, 11) is -4.11. The van der Waals surface area contributed by atoms with Crippen molar-refractivity contribution >= 4 is 10.4 Å². The van der Waals surface area contributed by atoms with Crippen LogP contribution in [0.3, 0.4) is 0 Å². The lowest BCUT2D eigenvalue weighted by Gasteiger charge is -2.07. The van der Waals surface area contributed by atoms with Gasteiger partial charge in [-0.2, -0.15) is 8.42 Å². The van der Waals surface area contributed by atoms with Crippen LogP contribution in [0.25, 0.3) is 0 Å². The lowest BCUT2D eigenvalue weighted by atomic mass is 10.1. The van der Waals surface area contributed by atoms with Crippen LogP contribution >= 0.6 is 0 Å². The Bertz CT molecular complexity index is 503. The average molecular weight is 360 g/mol. The Morgan fingerprint density at radius 3 is 2.21 bits per heavy atom. The van der Waals surface area contributed by atoms with Crippen molar-refractivity contribution in [3.05, 3.63) is 30.3 Å². The molecule has 6 nitrogen and oxygen atoms in total. The average Bonchev–Trinajstić information content (AvgIpc) is 2.58. The summed E-state index contributed by atoms with van der Waals surface area (Å²) in [5.41, 5.74) is 0. The first kappa shape index (κ1) is 20.9. The zero-order valence-corrected chi connectivity index (χ0v) is 15.1. The highest BCUT2D eigenvalue weighted by Gasteiger charge is 2.12. The highest BCUT2D eigenvalue weighted by molar-refractivity contribution is 7.81. The second-order valence-corrected chi connectivity index (χ2v) is 6.59. The Hall–Kier alpha value is -1.15. The van der Waals surface area contributed by atoms with Crippen molar-refractivity contribution in [2.75, 3.05) is 19.8 Å². The van der Waals surface area contributed by atoms with Crippen molar-refractivity contribution < 1.29 is 26.6 Å². The molecular weight excluding hydrogens is 332 g/mol. The fraction of sp³-hybridized carbons (Fsp3) is 0.647. The van der Waals surface area contributed by atoms with Crippen molar-refractivity contribution in [3.8, 4) is 5.75 Å². The molecule has 0 saturated carbocycles. The van der Waals surface area contributed by atoms with Gasteiger partial charge in [0.05, 0.1) is 6.61 Å². The second-order valence-electron chi connectivity index (χ2n) is 5.40. The molecule has 0 aliphatic heterocycles. The van der Waals surface area contributed by atoms with E-state index in [2.05, 4.69) is 16.1 Å². The van der Waals surface area contributed by atoms with E-state index in [0.29, 0.717) is 12.2 Å². The Morgan fingerprint density at radius 2 is 1.50 bits per heavy atom. The van der Waals surface area contributed by atoms with Gasteiger partial charge in [-0.25, -0.2) is 9.07 Å². The topological polar surface area (TPSA) is 71.1 Å². The van der Waals surface area contributed by atoms with E-state index in [9.17, 15) is 8.42 Å². The molecule has 0 fully saturated rings. The number of ether oxygens (including phenoxy) is 1. The minimum absolute atomic E-state index is 0.0189. The first-order valence-corrected chi connectivity index (χ1v) is 9.85. The molecule has 7 heteroatoms. The first-order chi connectivity index (χ1) is 11.6. The zero-order chi connectivity index (χ0) is 17.5. The van der Waals surface area contributed by atoms with Crippen molar-refractivity contribution in [1.29, 1.82) is 0 Å². The molecule has 138 valence electrons. The van der Waals surface area contributed by atoms with Crippen LogP contribution in [0.1, 0.15) is 51.9 Å². The van der Waals surface area contributed by atoms with Crippen molar-refractivity contribution in [1.82, 2.24) is 0 Å². The summed E-state index contributed by atoms with van der Waals surface area (Å²) in [5, 5.41) is 0. The van der Waals surface area contributed by atoms with Gasteiger partial charge >= 0.3 is 10.4 Å². The SMILES string of the molecule is CCCCCCCCCOS(=O)(=O)OOCCOc1ccccc1. The highest BCUT2D eigenvalue weighted by atomic mass is 32.3. The van der Waals surface area contributed by atoms with Gasteiger partial charge in [-0.15, -0.1) is 0 Å². The van der Waals surface area contributed by atoms with Gasteiger partial charge in [-0.05, 0) is 18.6 Å². The lowest BCUT2D eigenvalue weighted by Crippen LogP contribution is -2.14. The molecule has 0 spiro atoms. The summed E-state index contributed by atoms with van der Waals surface area (Å²) in [5.74, 6) is 0.680. The Kier molecular flexibility index (Phi) is 11.5. The molecule has 0 aromatic heterocycles. The monoisotopic (exact) mass is 360 g/mol. The van der Waals surface area contributed by atoms with Gasteiger partial charge in [0.15, 0.2) is 0 Å². The minimum atomic E-state index is -4.11. The molecule has 0 bridgehead atoms. The van der Waals surface area contributed by atoms with Gasteiger partial charge < -0.3 is 4.74 Å². The minimum Gasteiger partial charge on any atom is -0.491 e. The van der Waals surface area contributed by atoms with Crippen LogP contribution in [0.15, 0.2) is 30.3 Å². The summed E-state index contributed by atoms with van der Waals surface area (Å²) in [6, 6.07) is 9.15. The molecule has 0 aliphatic rings. The van der Waals surface area contributed by atoms with Crippen molar-refractivity contribution in [2.45, 2.75) is 51.9 Å². The highest BCUT2D eigenvalue weighted by Crippen LogP contribution is 2.09. The molecule has 1 rings (SSSR count). The molecule has 24 heavy (non-hydrogen) atoms. The van der Waals surface area contributed by atoms with Gasteiger partial charge in [0, 0.05) is 0 Å². The van der Waals surface area contributed by atoms with Crippen LogP contribution < -0.4 is 4.74 Å². The van der Waals surface area contributed by atoms with E-state index >= 15 is 0 Å². The summed E-state index contributed by atoms with van der Waals surface area (Å²) in [6.45, 7) is 2.45. The van der Waals surface area contributed by atoms with Gasteiger partial charge in [-0.1, -0.05) is 68.0 Å². The van der Waals surface area contributed by atoms with E-state index < -0.39 is 10.4 Å². The number of unbranched alkanes of at least 4 members (excludes halogenated alkanes) is 6. The van der Waals surface area contributed by atoms with Crippen LogP contribution in [-0.4, -0.2) is 28.2 Å². The number of para-hydroxylation sites is 1. The summed E-state index contributed by atoms with van der Waals surface area (Å²) < 4.78 is 37.2. The molecule has 0 aliphatic carbocycles. The van der Waals surface area contributed by atoms with E-state index in [0.717, 1.165) is 12.8 Å². The van der Waals surface area contributed by atoms with E-state index in [1.54, 1.807) is 12.1 Å². The zero-order valence-electron chi connectivity index (χ0n) is 14.3. The number of rotatable bonds is 15. The summed E-state index contributed by atoms with van der Waals surface area (Å²) >= 11 is 0. The first-order valence-electron chi connectivity index (χ1n) is 8.52. The smallest absolute Gasteiger partial charge is 0.426 e. The third kappa shape index (κ3) is 11.4. The van der Waals surface area contributed by atoms with Crippen LogP contribution in [-0.2, 0) is 23.8 Å². The third-order valence-electron chi connectivity index (χ3n) is 3.29. The van der Waals surface area contributed by atoms with Crippen LogP contribution in [0.2, 0.25) is 0 Å². The quantitative estimate of drug-likeness (QED) is 0.267. The van der Waals surface area contributed by atoms with Crippen LogP contribution in [0.5, 0.6) is 5.75 Å². The van der Waals surface area contributed by atoms with E-state index in [1.165, 1.54) is 25.7 Å². The number of hydrogen-bond acceptors (Lipinski definition) is 6. The molecular formula is C17H28O6S. The molecule has 0 heterocycles. The molecule has 1 aromatic carbocycles. The third-order valence-corrected chi connectivity index (χ3v) is 4.00. The maximum absolute atomic E-state index is 11.4. The van der Waals surface area contributed by atoms with Gasteiger partial charge in [-0.3, -0.25) is 0 Å². The Morgan fingerprint density at radius 1 is 0.833 bits per heavy atom. The molecule has 0 radical (unpaired) electrons. The van der Waals surface area contributed by atoms with Gasteiger partial charge in [0.25, 0.3) is 0 Å². The molecule has 1 aromatic rings. The maximum Gasteiger partial charge on any atom is 0.426 e. The van der Waals surface area contributed by atoms with Gasteiger partial charge in [0.1, 0.15) is 19.0 Å². The molecule has 0 saturated heterocycles. The number of hydrogen-bond donors (Lipinski definition) is 0. The summed E-state index contributed by atoms with van der Waals surface area (Å²) in [4.78, 5) is 4.60. The molecule has 0 atom stereocenters. The van der Waals surface area contributed by atoms with E-state index in [4.69, 9.17) is 8.92 Å². The fourth-order valence-corrected chi connectivity index (χ4v) is 2.59. The summed E-state index contributed by atoms with van der Waals surface area (Å²) in [6.07, 6.45) is 7.62. The Balaban J connectivity index is 1.97. The largest absolute Gasteiger partial charge is 0.491 e. The predicted molar refractivity (Wildman–Crippen MR) is 91.8 cm³/mol. The lowest BCUT2D eigenvalue weighted by molar-refractivity contribution is -0.213. The standard InChI is InChI=1S/C17H28O6S/c1-2-3-4-5-6-7-11-14-22-24(18,19)23-21-16-15-20-17-12-9-8-10-13-17/h8-10,12-13H,2-7,11,14-16H2,1H3. The predicted octanol–water partition coefficient (Wildman–Crippen LogP) is 4.03. The Labute approximate surface area is 145 Å². The van der Waals surface area contributed by atoms with Crippen molar-refractivity contribution in [3.63, 3.8) is 0 Å². The van der Waals surface area contributed by atoms with E-state index in [-0.39, 0.29) is 19.8 Å². The molecule has 0 unspecified atom stereocenters. The van der Waals surface area contributed by atoms with Crippen molar-refractivity contribution in [2.24, 2.45) is 0 Å². The molecule has 0 N–H and O–H groups in total. The van der Waals surface area contributed by atoms with Crippen LogP contribution in [0, 0.1) is 0 Å².